The van der Waals surface area contributed by atoms with E-state index in [9.17, 15) is 9.59 Å². The third kappa shape index (κ3) is 7.05. The highest BCUT2D eigenvalue weighted by atomic mass is 127. The molecule has 0 unspecified atom stereocenters. The number of nitrogens with zero attached hydrogens (tertiary/aromatic N) is 4. The summed E-state index contributed by atoms with van der Waals surface area (Å²) in [6.45, 7) is 3.95. The molecule has 188 valence electrons. The van der Waals surface area contributed by atoms with E-state index in [2.05, 4.69) is 60.2 Å². The van der Waals surface area contributed by atoms with E-state index >= 15 is 0 Å². The Morgan fingerprint density at radius 2 is 1.67 bits per heavy atom. The van der Waals surface area contributed by atoms with Gasteiger partial charge in [0.25, 0.3) is 5.91 Å². The molecule has 4 N–H and O–H groups in total. The van der Waals surface area contributed by atoms with Crippen molar-refractivity contribution in [1.29, 1.82) is 0 Å². The Morgan fingerprint density at radius 3 is 2.36 bits per heavy atom. The van der Waals surface area contributed by atoms with Gasteiger partial charge in [0.1, 0.15) is 0 Å². The van der Waals surface area contributed by atoms with Gasteiger partial charge in [-0.1, -0.05) is 54.1 Å². The van der Waals surface area contributed by atoms with Gasteiger partial charge in [0.15, 0.2) is 22.5 Å². The van der Waals surface area contributed by atoms with Crippen molar-refractivity contribution in [1.82, 2.24) is 25.1 Å². The van der Waals surface area contributed by atoms with Crippen LogP contribution in [0.5, 0.6) is 0 Å². The van der Waals surface area contributed by atoms with Crippen LogP contribution >= 0.6 is 34.2 Å². The van der Waals surface area contributed by atoms with Crippen molar-refractivity contribution in [3.63, 3.8) is 0 Å². The van der Waals surface area contributed by atoms with Gasteiger partial charge in [-0.2, -0.15) is 0 Å². The van der Waals surface area contributed by atoms with Gasteiger partial charge in [0, 0.05) is 42.8 Å². The standard InChI is InChI=1S/C25H27ClIN7O2/c26-22-24(29-14-17-6-8-19(27)9-7-17)32-23(28)21(31-22)25(36)30-15-20(35)34-12-10-33(11-13-34)16-18-4-2-1-3-5-18/h1-9H,10-16H2,(H,30,36)(H3,28,29,32). The minimum absolute atomic E-state index is 0.0285. The number of halogens is 2. The van der Waals surface area contributed by atoms with Gasteiger partial charge in [-0.3, -0.25) is 14.5 Å². The van der Waals surface area contributed by atoms with Crippen LogP contribution in [0.1, 0.15) is 21.6 Å². The van der Waals surface area contributed by atoms with E-state index in [4.69, 9.17) is 17.3 Å². The number of nitrogens with one attached hydrogen (secondary N) is 2. The molecule has 2 amide bonds. The minimum Gasteiger partial charge on any atom is -0.382 e. The number of carbonyl (C=O) groups is 2. The number of benzene rings is 2. The van der Waals surface area contributed by atoms with Gasteiger partial charge < -0.3 is 21.3 Å². The van der Waals surface area contributed by atoms with Crippen LogP contribution in [0.2, 0.25) is 5.15 Å². The van der Waals surface area contributed by atoms with Gasteiger partial charge in [0.2, 0.25) is 5.91 Å². The summed E-state index contributed by atoms with van der Waals surface area (Å²) in [5.41, 5.74) is 8.15. The van der Waals surface area contributed by atoms with Crippen molar-refractivity contribution >= 4 is 57.6 Å². The Morgan fingerprint density at radius 1 is 0.972 bits per heavy atom. The topological polar surface area (TPSA) is 116 Å². The maximum absolute atomic E-state index is 12.6. The first-order valence-corrected chi connectivity index (χ1v) is 13.0. The summed E-state index contributed by atoms with van der Waals surface area (Å²) >= 11 is 8.48. The fourth-order valence-electron chi connectivity index (χ4n) is 3.84. The average Bonchev–Trinajstić information content (AvgIpc) is 2.89. The molecule has 0 atom stereocenters. The molecule has 11 heteroatoms. The van der Waals surface area contributed by atoms with E-state index in [1.54, 1.807) is 4.90 Å². The Labute approximate surface area is 228 Å². The van der Waals surface area contributed by atoms with Crippen molar-refractivity contribution in [2.75, 3.05) is 43.8 Å². The number of hydrogen-bond acceptors (Lipinski definition) is 7. The van der Waals surface area contributed by atoms with E-state index in [-0.39, 0.29) is 34.9 Å². The second-order valence-electron chi connectivity index (χ2n) is 8.40. The van der Waals surface area contributed by atoms with Gasteiger partial charge in [-0.15, -0.1) is 0 Å². The molecule has 1 fully saturated rings. The van der Waals surface area contributed by atoms with Crippen LogP contribution in [0.4, 0.5) is 11.6 Å². The lowest BCUT2D eigenvalue weighted by Gasteiger charge is -2.34. The lowest BCUT2D eigenvalue weighted by molar-refractivity contribution is -0.131. The molecule has 4 rings (SSSR count). The molecular weight excluding hydrogens is 593 g/mol. The van der Waals surface area contributed by atoms with Crippen molar-refractivity contribution in [3.05, 3.63) is 80.1 Å². The van der Waals surface area contributed by atoms with Gasteiger partial charge in [-0.05, 0) is 45.9 Å². The molecule has 1 saturated heterocycles. The number of piperazine rings is 1. The van der Waals surface area contributed by atoms with Crippen LogP contribution in [0.15, 0.2) is 54.6 Å². The maximum Gasteiger partial charge on any atom is 0.274 e. The van der Waals surface area contributed by atoms with E-state index in [0.29, 0.717) is 19.6 Å². The summed E-state index contributed by atoms with van der Waals surface area (Å²) < 4.78 is 1.14. The zero-order chi connectivity index (χ0) is 25.5. The molecule has 0 aliphatic carbocycles. The average molecular weight is 620 g/mol. The Bertz CT molecular complexity index is 1200. The number of hydrogen-bond donors (Lipinski definition) is 3. The molecule has 9 nitrogen and oxygen atoms in total. The van der Waals surface area contributed by atoms with Crippen LogP contribution in [-0.2, 0) is 17.9 Å². The molecule has 0 spiro atoms. The number of rotatable bonds is 8. The highest BCUT2D eigenvalue weighted by Crippen LogP contribution is 2.21. The predicted molar refractivity (Wildman–Crippen MR) is 149 cm³/mol. The van der Waals surface area contributed by atoms with Crippen molar-refractivity contribution in [2.24, 2.45) is 0 Å². The maximum atomic E-state index is 12.6. The fourth-order valence-corrected chi connectivity index (χ4v) is 4.40. The van der Waals surface area contributed by atoms with Gasteiger partial charge in [0.05, 0.1) is 6.54 Å². The van der Waals surface area contributed by atoms with E-state index in [1.807, 2.05) is 42.5 Å². The van der Waals surface area contributed by atoms with Gasteiger partial charge >= 0.3 is 0 Å². The summed E-state index contributed by atoms with van der Waals surface area (Å²) in [6, 6.07) is 18.2. The zero-order valence-electron chi connectivity index (χ0n) is 19.6. The largest absolute Gasteiger partial charge is 0.382 e. The number of aromatic nitrogens is 2. The van der Waals surface area contributed by atoms with Crippen molar-refractivity contribution in [2.45, 2.75) is 13.1 Å². The normalized spacial score (nSPS) is 13.9. The second kappa shape index (κ2) is 12.3. The minimum atomic E-state index is -0.595. The number of nitrogen functional groups attached to an aromatic ring is 1. The number of nitrogens with two attached hydrogens (primary N) is 1. The molecule has 2 heterocycles. The summed E-state index contributed by atoms with van der Waals surface area (Å²) in [4.78, 5) is 37.6. The highest BCUT2D eigenvalue weighted by molar-refractivity contribution is 14.1. The first kappa shape index (κ1) is 26.1. The summed E-state index contributed by atoms with van der Waals surface area (Å²) in [5.74, 6) is -0.531. The third-order valence-corrected chi connectivity index (χ3v) is 6.83. The summed E-state index contributed by atoms with van der Waals surface area (Å²) in [5, 5.41) is 5.70. The van der Waals surface area contributed by atoms with Crippen LogP contribution in [0.25, 0.3) is 0 Å². The second-order valence-corrected chi connectivity index (χ2v) is 10.0. The predicted octanol–water partition coefficient (Wildman–Crippen LogP) is 3.00. The van der Waals surface area contributed by atoms with Crippen LogP contribution in [-0.4, -0.2) is 64.3 Å². The van der Waals surface area contributed by atoms with E-state index in [0.717, 1.165) is 28.8 Å². The summed E-state index contributed by atoms with van der Waals surface area (Å²) in [7, 11) is 0. The lowest BCUT2D eigenvalue weighted by Crippen LogP contribution is -2.50. The highest BCUT2D eigenvalue weighted by Gasteiger charge is 2.23. The van der Waals surface area contributed by atoms with Gasteiger partial charge in [-0.25, -0.2) is 9.97 Å². The Kier molecular flexibility index (Phi) is 8.94. The molecule has 1 aromatic heterocycles. The monoisotopic (exact) mass is 619 g/mol. The number of anilines is 2. The molecule has 0 radical (unpaired) electrons. The molecule has 0 saturated carbocycles. The van der Waals surface area contributed by atoms with E-state index < -0.39 is 5.91 Å². The first-order valence-electron chi connectivity index (χ1n) is 11.5. The SMILES string of the molecule is Nc1nc(NCc2ccc(I)cc2)c(Cl)nc1C(=O)NCC(=O)N1CCN(Cc2ccccc2)CC1. The molecule has 3 aromatic rings. The fraction of sp³-hybridized carbons (Fsp3) is 0.280. The molecule has 1 aliphatic rings. The van der Waals surface area contributed by atoms with Crippen LogP contribution in [0.3, 0.4) is 0 Å². The van der Waals surface area contributed by atoms with Crippen molar-refractivity contribution < 1.29 is 9.59 Å². The lowest BCUT2D eigenvalue weighted by atomic mass is 10.2. The van der Waals surface area contributed by atoms with Crippen molar-refractivity contribution in [3.8, 4) is 0 Å². The Balaban J connectivity index is 1.25. The molecule has 0 bridgehead atoms. The van der Waals surface area contributed by atoms with Crippen LogP contribution < -0.4 is 16.4 Å². The molecule has 36 heavy (non-hydrogen) atoms. The Hall–Kier alpha value is -2.96. The summed E-state index contributed by atoms with van der Waals surface area (Å²) in [6.07, 6.45) is 0. The first-order chi connectivity index (χ1) is 17.4. The smallest absolute Gasteiger partial charge is 0.274 e. The quantitative estimate of drug-likeness (QED) is 0.332. The molecular formula is C25H27ClIN7O2. The van der Waals surface area contributed by atoms with Crippen LogP contribution in [0, 0.1) is 3.57 Å². The number of amides is 2. The third-order valence-electron chi connectivity index (χ3n) is 5.84. The molecule has 2 aromatic carbocycles. The zero-order valence-corrected chi connectivity index (χ0v) is 22.5. The number of carbonyl (C=O) groups excluding carboxylic acids is 2. The van der Waals surface area contributed by atoms with E-state index in [1.165, 1.54) is 5.56 Å². The molecule has 1 aliphatic heterocycles.